The summed E-state index contributed by atoms with van der Waals surface area (Å²) in [5.74, 6) is 0.930. The molecule has 0 aromatic carbocycles. The monoisotopic (exact) mass is 283 g/mol. The van der Waals surface area contributed by atoms with Crippen LogP contribution in [0.15, 0.2) is 12.1 Å². The van der Waals surface area contributed by atoms with Crippen molar-refractivity contribution in [1.82, 2.24) is 14.8 Å². The average molecular weight is 284 g/mol. The Bertz CT molecular complexity index is 537. The molecule has 2 aromatic rings. The highest BCUT2D eigenvalue weighted by atomic mass is 35.5. The zero-order chi connectivity index (χ0) is 13.3. The summed E-state index contributed by atoms with van der Waals surface area (Å²) in [5, 5.41) is 8.65. The lowest BCUT2D eigenvalue weighted by molar-refractivity contribution is 0.511. The second kappa shape index (κ2) is 5.02. The molecule has 2 heterocycles. The van der Waals surface area contributed by atoms with Gasteiger partial charge in [-0.25, -0.2) is 0 Å². The van der Waals surface area contributed by atoms with E-state index >= 15 is 0 Å². The summed E-state index contributed by atoms with van der Waals surface area (Å²) in [6, 6.07) is 4.33. The van der Waals surface area contributed by atoms with E-state index in [1.54, 1.807) is 0 Å². The summed E-state index contributed by atoms with van der Waals surface area (Å²) in [4.78, 5) is 2.69. The molecule has 0 aliphatic heterocycles. The summed E-state index contributed by atoms with van der Waals surface area (Å²) in [7, 11) is 0. The first-order valence-corrected chi connectivity index (χ1v) is 7.28. The van der Waals surface area contributed by atoms with Crippen LogP contribution in [0.2, 0.25) is 5.28 Å². The summed E-state index contributed by atoms with van der Waals surface area (Å²) >= 11 is 7.96. The van der Waals surface area contributed by atoms with Crippen molar-refractivity contribution in [3.63, 3.8) is 0 Å². The molecule has 2 aromatic heterocycles. The number of rotatable bonds is 3. The van der Waals surface area contributed by atoms with Gasteiger partial charge in [-0.3, -0.25) is 4.57 Å². The fourth-order valence-corrected chi connectivity index (χ4v) is 2.96. The molecule has 0 radical (unpaired) electrons. The van der Waals surface area contributed by atoms with Gasteiger partial charge in [0.25, 0.3) is 0 Å². The van der Waals surface area contributed by atoms with Crippen molar-refractivity contribution >= 4 is 22.9 Å². The second-order valence-electron chi connectivity index (χ2n) is 5.35. The van der Waals surface area contributed by atoms with E-state index in [4.69, 9.17) is 11.6 Å². The SMILES string of the molecule is CCc1ccc(Cn2c(Cl)nnc2C(C)(C)C)s1. The molecule has 2 rings (SSSR count). The Kier molecular flexibility index (Phi) is 3.78. The number of hydrogen-bond donors (Lipinski definition) is 0. The zero-order valence-corrected chi connectivity index (χ0v) is 12.8. The van der Waals surface area contributed by atoms with Gasteiger partial charge in [0, 0.05) is 15.2 Å². The number of halogens is 1. The maximum absolute atomic E-state index is 6.14. The smallest absolute Gasteiger partial charge is 0.225 e. The van der Waals surface area contributed by atoms with E-state index in [2.05, 4.69) is 50.0 Å². The van der Waals surface area contributed by atoms with Gasteiger partial charge in [-0.05, 0) is 30.2 Å². The summed E-state index contributed by atoms with van der Waals surface area (Å²) in [6.07, 6.45) is 1.08. The molecule has 0 fully saturated rings. The third-order valence-corrected chi connectivity index (χ3v) is 4.25. The van der Waals surface area contributed by atoms with Crippen LogP contribution in [0.25, 0.3) is 0 Å². The van der Waals surface area contributed by atoms with Crippen LogP contribution in [0.5, 0.6) is 0 Å². The van der Waals surface area contributed by atoms with E-state index in [-0.39, 0.29) is 5.41 Å². The minimum Gasteiger partial charge on any atom is -0.296 e. The van der Waals surface area contributed by atoms with Crippen molar-refractivity contribution in [2.45, 2.75) is 46.1 Å². The summed E-state index contributed by atoms with van der Waals surface area (Å²) < 4.78 is 1.99. The van der Waals surface area contributed by atoms with Crippen molar-refractivity contribution in [1.29, 1.82) is 0 Å². The van der Waals surface area contributed by atoms with Crippen LogP contribution < -0.4 is 0 Å². The number of nitrogens with zero attached hydrogens (tertiary/aromatic N) is 3. The Morgan fingerprint density at radius 3 is 2.44 bits per heavy atom. The van der Waals surface area contributed by atoms with E-state index in [0.29, 0.717) is 5.28 Å². The predicted molar refractivity (Wildman–Crippen MR) is 76.5 cm³/mol. The first-order chi connectivity index (χ1) is 8.41. The van der Waals surface area contributed by atoms with Gasteiger partial charge in [0.1, 0.15) is 5.82 Å². The minimum atomic E-state index is -0.0506. The highest BCUT2D eigenvalue weighted by molar-refractivity contribution is 7.11. The molecular formula is C13H18ClN3S. The molecule has 98 valence electrons. The van der Waals surface area contributed by atoms with Crippen molar-refractivity contribution in [2.75, 3.05) is 0 Å². The Labute approximate surface area is 117 Å². The molecule has 0 aliphatic carbocycles. The lowest BCUT2D eigenvalue weighted by atomic mass is 9.96. The molecular weight excluding hydrogens is 266 g/mol. The molecule has 3 nitrogen and oxygen atoms in total. The number of thiophene rings is 1. The van der Waals surface area contributed by atoms with Gasteiger partial charge >= 0.3 is 0 Å². The van der Waals surface area contributed by atoms with E-state index < -0.39 is 0 Å². The molecule has 5 heteroatoms. The lowest BCUT2D eigenvalue weighted by Gasteiger charge is -2.18. The Morgan fingerprint density at radius 2 is 1.89 bits per heavy atom. The number of aryl methyl sites for hydroxylation is 1. The molecule has 0 spiro atoms. The minimum absolute atomic E-state index is 0.0506. The average Bonchev–Trinajstić information content (AvgIpc) is 2.86. The number of hydrogen-bond acceptors (Lipinski definition) is 3. The quantitative estimate of drug-likeness (QED) is 0.855. The Balaban J connectivity index is 2.31. The summed E-state index contributed by atoms with van der Waals surface area (Å²) in [6.45, 7) is 9.28. The van der Waals surface area contributed by atoms with Gasteiger partial charge < -0.3 is 0 Å². The predicted octanol–water partition coefficient (Wildman–Crippen LogP) is 3.90. The Morgan fingerprint density at radius 1 is 1.22 bits per heavy atom. The van der Waals surface area contributed by atoms with Gasteiger partial charge in [0.05, 0.1) is 6.54 Å². The van der Waals surface area contributed by atoms with Gasteiger partial charge in [0.2, 0.25) is 5.28 Å². The molecule has 0 atom stereocenters. The maximum Gasteiger partial charge on any atom is 0.225 e. The van der Waals surface area contributed by atoms with E-state index in [1.165, 1.54) is 9.75 Å². The molecule has 0 saturated heterocycles. The number of aromatic nitrogens is 3. The van der Waals surface area contributed by atoms with Crippen molar-refractivity contribution in [3.8, 4) is 0 Å². The van der Waals surface area contributed by atoms with E-state index in [1.807, 2.05) is 15.9 Å². The third kappa shape index (κ3) is 2.75. The molecule has 0 unspecified atom stereocenters. The van der Waals surface area contributed by atoms with Crippen LogP contribution in [-0.2, 0) is 18.4 Å². The molecule has 0 aliphatic rings. The molecule has 0 amide bonds. The van der Waals surface area contributed by atoms with Gasteiger partial charge in [-0.15, -0.1) is 21.5 Å². The first-order valence-electron chi connectivity index (χ1n) is 6.08. The van der Waals surface area contributed by atoms with Gasteiger partial charge in [-0.2, -0.15) is 0 Å². The van der Waals surface area contributed by atoms with Crippen LogP contribution >= 0.6 is 22.9 Å². The highest BCUT2D eigenvalue weighted by Crippen LogP contribution is 2.26. The normalized spacial score (nSPS) is 12.1. The lowest BCUT2D eigenvalue weighted by Crippen LogP contribution is -2.19. The van der Waals surface area contributed by atoms with Crippen LogP contribution in [0.4, 0.5) is 0 Å². The van der Waals surface area contributed by atoms with Crippen molar-refractivity contribution < 1.29 is 0 Å². The van der Waals surface area contributed by atoms with Gasteiger partial charge in [0.15, 0.2) is 0 Å². The van der Waals surface area contributed by atoms with Crippen LogP contribution in [0.1, 0.15) is 43.3 Å². The summed E-state index contributed by atoms with van der Waals surface area (Å²) in [5.41, 5.74) is -0.0506. The molecule has 0 saturated carbocycles. The van der Waals surface area contributed by atoms with E-state index in [0.717, 1.165) is 18.8 Å². The second-order valence-corrected chi connectivity index (χ2v) is 6.94. The maximum atomic E-state index is 6.14. The fourth-order valence-electron chi connectivity index (χ4n) is 1.83. The zero-order valence-electron chi connectivity index (χ0n) is 11.2. The van der Waals surface area contributed by atoms with Crippen LogP contribution in [0, 0.1) is 0 Å². The molecule has 18 heavy (non-hydrogen) atoms. The van der Waals surface area contributed by atoms with Crippen LogP contribution in [-0.4, -0.2) is 14.8 Å². The first kappa shape index (κ1) is 13.6. The van der Waals surface area contributed by atoms with Crippen LogP contribution in [0.3, 0.4) is 0 Å². The largest absolute Gasteiger partial charge is 0.296 e. The third-order valence-electron chi connectivity index (χ3n) is 2.76. The van der Waals surface area contributed by atoms with Gasteiger partial charge in [-0.1, -0.05) is 27.7 Å². The van der Waals surface area contributed by atoms with Crippen molar-refractivity contribution in [3.05, 3.63) is 33.0 Å². The standard InChI is InChI=1S/C13H18ClN3S/c1-5-9-6-7-10(18-9)8-17-11(13(2,3)4)15-16-12(17)14/h6-7H,5,8H2,1-4H3. The highest BCUT2D eigenvalue weighted by Gasteiger charge is 2.23. The fraction of sp³-hybridized carbons (Fsp3) is 0.538. The van der Waals surface area contributed by atoms with Crippen molar-refractivity contribution in [2.24, 2.45) is 0 Å². The topological polar surface area (TPSA) is 30.7 Å². The van der Waals surface area contributed by atoms with E-state index in [9.17, 15) is 0 Å². The molecule has 0 bridgehead atoms. The Hall–Kier alpha value is -0.870. The molecule has 0 N–H and O–H groups in total.